The molecule has 1 aliphatic heterocycles. The van der Waals surface area contributed by atoms with Crippen LogP contribution in [-0.4, -0.2) is 0 Å². The first-order valence-corrected chi connectivity index (χ1v) is 6.91. The average molecular weight is 250 g/mol. The van der Waals surface area contributed by atoms with Crippen molar-refractivity contribution in [2.75, 3.05) is 0 Å². The van der Waals surface area contributed by atoms with E-state index in [2.05, 4.69) is 55.5 Å². The van der Waals surface area contributed by atoms with Crippen LogP contribution in [0.15, 0.2) is 54.6 Å². The third-order valence-electron chi connectivity index (χ3n) is 3.51. The fourth-order valence-corrected chi connectivity index (χ4v) is 2.53. The van der Waals surface area contributed by atoms with Crippen LogP contribution in [0.2, 0.25) is 0 Å². The van der Waals surface area contributed by atoms with Gasteiger partial charge in [0.05, 0.1) is 0 Å². The second-order valence-corrected chi connectivity index (χ2v) is 4.85. The molecule has 0 fully saturated rings. The van der Waals surface area contributed by atoms with Crippen LogP contribution in [0.1, 0.15) is 36.5 Å². The lowest BCUT2D eigenvalue weighted by molar-refractivity contribution is 0.307. The fourth-order valence-electron chi connectivity index (χ4n) is 2.53. The van der Waals surface area contributed by atoms with E-state index in [0.717, 1.165) is 18.6 Å². The van der Waals surface area contributed by atoms with Gasteiger partial charge in [0.25, 0.3) is 0 Å². The fraction of sp³-hybridized carbons (Fsp3) is 0.222. The smallest absolute Gasteiger partial charge is 0.127 e. The second kappa shape index (κ2) is 5.31. The Bertz CT molecular complexity index is 561. The van der Waals surface area contributed by atoms with E-state index in [9.17, 15) is 0 Å². The minimum absolute atomic E-state index is 0.649. The van der Waals surface area contributed by atoms with E-state index < -0.39 is 0 Å². The van der Waals surface area contributed by atoms with Crippen molar-refractivity contribution in [2.24, 2.45) is 0 Å². The van der Waals surface area contributed by atoms with Gasteiger partial charge in [0, 0.05) is 5.56 Å². The Kier molecular flexibility index (Phi) is 3.37. The summed E-state index contributed by atoms with van der Waals surface area (Å²) in [5.41, 5.74) is 5.09. The van der Waals surface area contributed by atoms with Crippen LogP contribution in [0.4, 0.5) is 0 Å². The molecule has 0 amide bonds. The zero-order valence-electron chi connectivity index (χ0n) is 11.2. The van der Waals surface area contributed by atoms with E-state index in [-0.39, 0.29) is 0 Å². The number of allylic oxidation sites excluding steroid dienone is 1. The van der Waals surface area contributed by atoms with Gasteiger partial charge in [-0.05, 0) is 29.2 Å². The van der Waals surface area contributed by atoms with Gasteiger partial charge < -0.3 is 4.74 Å². The Balaban J connectivity index is 2.19. The maximum absolute atomic E-state index is 5.94. The van der Waals surface area contributed by atoms with Crippen LogP contribution < -0.4 is 4.74 Å². The predicted octanol–water partition coefficient (Wildman–Crippen LogP) is 4.81. The van der Waals surface area contributed by atoms with Crippen LogP contribution in [0.25, 0.3) is 5.57 Å². The SMILES string of the molecule is CCC/C=C1\c2ccccc2COc2ccccc21. The van der Waals surface area contributed by atoms with Gasteiger partial charge in [-0.25, -0.2) is 0 Å². The van der Waals surface area contributed by atoms with Gasteiger partial charge in [0.15, 0.2) is 0 Å². The van der Waals surface area contributed by atoms with Gasteiger partial charge in [0.2, 0.25) is 0 Å². The lowest BCUT2D eigenvalue weighted by Crippen LogP contribution is -1.94. The monoisotopic (exact) mass is 250 g/mol. The van der Waals surface area contributed by atoms with Crippen molar-refractivity contribution in [1.82, 2.24) is 0 Å². The molecule has 0 aliphatic carbocycles. The zero-order valence-corrected chi connectivity index (χ0v) is 11.2. The lowest BCUT2D eigenvalue weighted by atomic mass is 9.93. The van der Waals surface area contributed by atoms with Crippen LogP contribution >= 0.6 is 0 Å². The first-order chi connectivity index (χ1) is 9.40. The molecule has 2 aromatic carbocycles. The number of unbranched alkanes of at least 4 members (excludes halogenated alkanes) is 1. The summed E-state index contributed by atoms with van der Waals surface area (Å²) >= 11 is 0. The maximum atomic E-state index is 5.94. The Morgan fingerprint density at radius 1 is 1.00 bits per heavy atom. The number of benzene rings is 2. The topological polar surface area (TPSA) is 9.23 Å². The molecule has 0 spiro atoms. The van der Waals surface area contributed by atoms with Crippen LogP contribution in [0.5, 0.6) is 5.75 Å². The number of hydrogen-bond donors (Lipinski definition) is 0. The predicted molar refractivity (Wildman–Crippen MR) is 79.2 cm³/mol. The molecule has 0 radical (unpaired) electrons. The van der Waals surface area contributed by atoms with E-state index in [4.69, 9.17) is 4.74 Å². The van der Waals surface area contributed by atoms with Gasteiger partial charge in [-0.3, -0.25) is 0 Å². The highest BCUT2D eigenvalue weighted by molar-refractivity contribution is 5.84. The molecular weight excluding hydrogens is 232 g/mol. The molecule has 0 saturated heterocycles. The molecule has 0 N–H and O–H groups in total. The van der Waals surface area contributed by atoms with E-state index in [1.54, 1.807) is 0 Å². The van der Waals surface area contributed by atoms with Crippen molar-refractivity contribution >= 4 is 5.57 Å². The molecule has 2 aromatic rings. The zero-order chi connectivity index (χ0) is 13.1. The largest absolute Gasteiger partial charge is 0.488 e. The molecule has 0 unspecified atom stereocenters. The van der Waals surface area contributed by atoms with Gasteiger partial charge >= 0.3 is 0 Å². The standard InChI is InChI=1S/C18H18O/c1-2-3-9-16-15-10-5-4-8-14(15)13-19-18-12-7-6-11-17(16)18/h4-12H,2-3,13H2,1H3/b16-9+. The molecule has 1 heteroatoms. The average Bonchev–Trinajstić information content (AvgIpc) is 2.62. The minimum Gasteiger partial charge on any atom is -0.488 e. The van der Waals surface area contributed by atoms with E-state index in [1.165, 1.54) is 22.3 Å². The molecule has 1 aliphatic rings. The van der Waals surface area contributed by atoms with E-state index in [1.807, 2.05) is 6.07 Å². The highest BCUT2D eigenvalue weighted by Crippen LogP contribution is 2.36. The summed E-state index contributed by atoms with van der Waals surface area (Å²) in [6.07, 6.45) is 4.60. The summed E-state index contributed by atoms with van der Waals surface area (Å²) in [4.78, 5) is 0. The Morgan fingerprint density at radius 3 is 2.58 bits per heavy atom. The number of fused-ring (bicyclic) bond motifs is 2. The Labute approximate surface area is 114 Å². The van der Waals surface area contributed by atoms with Crippen molar-refractivity contribution in [2.45, 2.75) is 26.4 Å². The molecule has 0 aromatic heterocycles. The molecule has 0 bridgehead atoms. The van der Waals surface area contributed by atoms with Crippen molar-refractivity contribution in [3.63, 3.8) is 0 Å². The van der Waals surface area contributed by atoms with Gasteiger partial charge in [-0.15, -0.1) is 0 Å². The van der Waals surface area contributed by atoms with Crippen molar-refractivity contribution < 1.29 is 4.74 Å². The Hall–Kier alpha value is -2.02. The molecule has 0 saturated carbocycles. The lowest BCUT2D eigenvalue weighted by Gasteiger charge is -2.10. The molecule has 1 heterocycles. The van der Waals surface area contributed by atoms with Crippen LogP contribution in [0.3, 0.4) is 0 Å². The van der Waals surface area contributed by atoms with E-state index in [0.29, 0.717) is 6.61 Å². The van der Waals surface area contributed by atoms with Crippen LogP contribution in [-0.2, 0) is 6.61 Å². The minimum atomic E-state index is 0.649. The first-order valence-electron chi connectivity index (χ1n) is 6.91. The molecule has 1 nitrogen and oxygen atoms in total. The maximum Gasteiger partial charge on any atom is 0.127 e. The normalized spacial score (nSPS) is 15.3. The molecule has 0 atom stereocenters. The van der Waals surface area contributed by atoms with Gasteiger partial charge in [0.1, 0.15) is 12.4 Å². The molecule has 96 valence electrons. The summed E-state index contributed by atoms with van der Waals surface area (Å²) in [5.74, 6) is 0.987. The summed E-state index contributed by atoms with van der Waals surface area (Å²) in [7, 11) is 0. The third-order valence-corrected chi connectivity index (χ3v) is 3.51. The summed E-state index contributed by atoms with van der Waals surface area (Å²) in [6, 6.07) is 16.9. The van der Waals surface area contributed by atoms with Crippen molar-refractivity contribution in [1.29, 1.82) is 0 Å². The summed E-state index contributed by atoms with van der Waals surface area (Å²) < 4.78 is 5.94. The first kappa shape index (κ1) is 12.0. The summed E-state index contributed by atoms with van der Waals surface area (Å²) in [5, 5.41) is 0. The molecule has 19 heavy (non-hydrogen) atoms. The van der Waals surface area contributed by atoms with Crippen molar-refractivity contribution in [3.8, 4) is 5.75 Å². The molecule has 3 rings (SSSR count). The summed E-state index contributed by atoms with van der Waals surface area (Å²) in [6.45, 7) is 2.86. The number of para-hydroxylation sites is 1. The number of hydrogen-bond acceptors (Lipinski definition) is 1. The van der Waals surface area contributed by atoms with Gasteiger partial charge in [-0.2, -0.15) is 0 Å². The number of rotatable bonds is 2. The number of ether oxygens (including phenoxy) is 1. The van der Waals surface area contributed by atoms with Crippen molar-refractivity contribution in [3.05, 3.63) is 71.3 Å². The highest BCUT2D eigenvalue weighted by atomic mass is 16.5. The van der Waals surface area contributed by atoms with Crippen LogP contribution in [0, 0.1) is 0 Å². The molecular formula is C18H18O. The third kappa shape index (κ3) is 2.28. The quantitative estimate of drug-likeness (QED) is 0.743. The van der Waals surface area contributed by atoms with Gasteiger partial charge in [-0.1, -0.05) is 61.9 Å². The van der Waals surface area contributed by atoms with E-state index >= 15 is 0 Å². The second-order valence-electron chi connectivity index (χ2n) is 4.85. The highest BCUT2D eigenvalue weighted by Gasteiger charge is 2.17. The Morgan fingerprint density at radius 2 is 1.74 bits per heavy atom.